The molecule has 0 heterocycles. The van der Waals surface area contributed by atoms with Crippen LogP contribution in [-0.2, 0) is 12.0 Å². The average Bonchev–Trinajstić information content (AvgIpc) is 3.19. The molecular formula is C36H38N2. The molecule has 2 heteroatoms. The van der Waals surface area contributed by atoms with Crippen molar-refractivity contribution in [1.82, 2.24) is 0 Å². The molecule has 6 rings (SSSR count). The minimum absolute atomic E-state index is 0.0317. The van der Waals surface area contributed by atoms with Crippen LogP contribution in [0.4, 0.5) is 11.4 Å². The van der Waals surface area contributed by atoms with Crippen molar-refractivity contribution in [3.05, 3.63) is 119 Å². The molecule has 3 aliphatic rings. The van der Waals surface area contributed by atoms with Crippen LogP contribution in [0, 0.1) is 5.92 Å². The number of anilines is 2. The van der Waals surface area contributed by atoms with Gasteiger partial charge in [-0.1, -0.05) is 81.5 Å². The maximum absolute atomic E-state index is 5.95. The summed E-state index contributed by atoms with van der Waals surface area (Å²) in [6, 6.07) is 22.6. The van der Waals surface area contributed by atoms with E-state index in [1.807, 2.05) is 0 Å². The Kier molecular flexibility index (Phi) is 6.24. The highest BCUT2D eigenvalue weighted by molar-refractivity contribution is 5.89. The molecule has 0 aliphatic heterocycles. The molecule has 0 saturated heterocycles. The van der Waals surface area contributed by atoms with Gasteiger partial charge in [-0.3, -0.25) is 0 Å². The van der Waals surface area contributed by atoms with Crippen molar-refractivity contribution < 1.29 is 0 Å². The lowest BCUT2D eigenvalue weighted by Crippen LogP contribution is -2.18. The van der Waals surface area contributed by atoms with Gasteiger partial charge >= 0.3 is 0 Å². The maximum Gasteiger partial charge on any atom is 0.0488 e. The zero-order valence-corrected chi connectivity index (χ0v) is 23.1. The van der Waals surface area contributed by atoms with Crippen LogP contribution < -0.4 is 10.6 Å². The predicted molar refractivity (Wildman–Crippen MR) is 163 cm³/mol. The molecule has 192 valence electrons. The highest BCUT2D eigenvalue weighted by Gasteiger charge is 2.37. The molecule has 0 aromatic heterocycles. The molecule has 0 radical (unpaired) electrons. The Balaban J connectivity index is 1.43. The Morgan fingerprint density at radius 2 is 1.79 bits per heavy atom. The summed E-state index contributed by atoms with van der Waals surface area (Å²) in [5, 5.41) is 0. The third-order valence-electron chi connectivity index (χ3n) is 8.71. The fourth-order valence-electron chi connectivity index (χ4n) is 6.38. The summed E-state index contributed by atoms with van der Waals surface area (Å²) in [6.07, 6.45) is 15.1. The molecule has 2 N–H and O–H groups in total. The Morgan fingerprint density at radius 1 is 0.947 bits per heavy atom. The predicted octanol–water partition coefficient (Wildman–Crippen LogP) is 8.95. The summed E-state index contributed by atoms with van der Waals surface area (Å²) in [5.41, 5.74) is 20.5. The molecule has 0 amide bonds. The van der Waals surface area contributed by atoms with Crippen molar-refractivity contribution in [2.45, 2.75) is 52.0 Å². The Bertz CT molecular complexity index is 1530. The van der Waals surface area contributed by atoms with Crippen LogP contribution in [0.5, 0.6) is 0 Å². The summed E-state index contributed by atoms with van der Waals surface area (Å²) in [6.45, 7) is 7.58. The van der Waals surface area contributed by atoms with Gasteiger partial charge in [0, 0.05) is 35.9 Å². The van der Waals surface area contributed by atoms with Gasteiger partial charge in [0.15, 0.2) is 0 Å². The smallest absolute Gasteiger partial charge is 0.0488 e. The number of hydrogen-bond acceptors (Lipinski definition) is 2. The molecule has 38 heavy (non-hydrogen) atoms. The molecule has 0 spiro atoms. The van der Waals surface area contributed by atoms with E-state index >= 15 is 0 Å². The first-order chi connectivity index (χ1) is 18.4. The summed E-state index contributed by atoms with van der Waals surface area (Å²) < 4.78 is 0. The highest BCUT2D eigenvalue weighted by atomic mass is 15.1. The molecule has 3 aromatic rings. The third kappa shape index (κ3) is 4.18. The molecule has 1 atom stereocenters. The lowest BCUT2D eigenvalue weighted by molar-refractivity contribution is 0.651. The van der Waals surface area contributed by atoms with E-state index in [2.05, 4.69) is 124 Å². The fourth-order valence-corrected chi connectivity index (χ4v) is 6.38. The first-order valence-electron chi connectivity index (χ1n) is 14.0. The van der Waals surface area contributed by atoms with E-state index in [9.17, 15) is 0 Å². The van der Waals surface area contributed by atoms with Gasteiger partial charge in [0.2, 0.25) is 0 Å². The monoisotopic (exact) mass is 498 g/mol. The fraction of sp³-hybridized carbons (Fsp3) is 0.278. The number of rotatable bonds is 5. The van der Waals surface area contributed by atoms with Gasteiger partial charge in [-0.2, -0.15) is 0 Å². The molecule has 2 nitrogen and oxygen atoms in total. The summed E-state index contributed by atoms with van der Waals surface area (Å²) in [7, 11) is 2.21. The van der Waals surface area contributed by atoms with E-state index in [1.54, 1.807) is 0 Å². The van der Waals surface area contributed by atoms with Crippen molar-refractivity contribution in [3.63, 3.8) is 0 Å². The van der Waals surface area contributed by atoms with E-state index < -0.39 is 0 Å². The topological polar surface area (TPSA) is 29.3 Å². The van der Waals surface area contributed by atoms with E-state index in [0.29, 0.717) is 12.5 Å². The first kappa shape index (κ1) is 24.7. The molecule has 3 aromatic carbocycles. The van der Waals surface area contributed by atoms with E-state index in [1.165, 1.54) is 55.9 Å². The van der Waals surface area contributed by atoms with E-state index in [4.69, 9.17) is 5.73 Å². The first-order valence-corrected chi connectivity index (χ1v) is 14.0. The summed E-state index contributed by atoms with van der Waals surface area (Å²) in [5.74, 6) is 0.580. The van der Waals surface area contributed by atoms with Gasteiger partial charge in [-0.25, -0.2) is 0 Å². The van der Waals surface area contributed by atoms with Gasteiger partial charge in [-0.05, 0) is 100 Å². The lowest BCUT2D eigenvalue weighted by atomic mass is 9.80. The minimum atomic E-state index is 0.0317. The number of nitrogens with two attached hydrogens (primary N) is 1. The quantitative estimate of drug-likeness (QED) is 0.380. The molecule has 0 saturated carbocycles. The van der Waals surface area contributed by atoms with Crippen molar-refractivity contribution >= 4 is 22.5 Å². The minimum Gasteiger partial charge on any atom is -0.344 e. The van der Waals surface area contributed by atoms with Gasteiger partial charge in [0.05, 0.1) is 0 Å². The molecule has 0 bridgehead atoms. The number of hydrogen-bond donors (Lipinski definition) is 1. The normalized spacial score (nSPS) is 19.3. The molecular weight excluding hydrogens is 460 g/mol. The van der Waals surface area contributed by atoms with E-state index in [-0.39, 0.29) is 5.41 Å². The van der Waals surface area contributed by atoms with Crippen LogP contribution >= 0.6 is 0 Å². The lowest BCUT2D eigenvalue weighted by Gasteiger charge is -2.28. The maximum atomic E-state index is 5.95. The Hall–Kier alpha value is -3.62. The number of allylic oxidation sites excluding steroid dienone is 8. The van der Waals surface area contributed by atoms with E-state index in [0.717, 1.165) is 24.8 Å². The van der Waals surface area contributed by atoms with Crippen molar-refractivity contribution in [2.24, 2.45) is 11.7 Å². The molecule has 0 fully saturated rings. The second-order valence-electron chi connectivity index (χ2n) is 11.6. The number of fused-ring (bicyclic) bond motifs is 2. The van der Waals surface area contributed by atoms with Crippen LogP contribution in [0.25, 0.3) is 22.3 Å². The summed E-state index contributed by atoms with van der Waals surface area (Å²) >= 11 is 0. The van der Waals surface area contributed by atoms with Crippen LogP contribution in [0.15, 0.2) is 96.6 Å². The zero-order chi connectivity index (χ0) is 26.4. The van der Waals surface area contributed by atoms with Crippen LogP contribution in [0.2, 0.25) is 0 Å². The van der Waals surface area contributed by atoms with Gasteiger partial charge in [-0.15, -0.1) is 0 Å². The van der Waals surface area contributed by atoms with Crippen molar-refractivity contribution in [1.29, 1.82) is 0 Å². The molecule has 3 aliphatic carbocycles. The Labute approximate surface area is 227 Å². The second kappa shape index (κ2) is 9.60. The average molecular weight is 499 g/mol. The van der Waals surface area contributed by atoms with Crippen LogP contribution in [0.1, 0.15) is 62.3 Å². The van der Waals surface area contributed by atoms with Crippen LogP contribution in [-0.4, -0.2) is 7.05 Å². The third-order valence-corrected chi connectivity index (χ3v) is 8.71. The van der Waals surface area contributed by atoms with Crippen LogP contribution in [0.3, 0.4) is 0 Å². The Morgan fingerprint density at radius 3 is 2.58 bits per heavy atom. The van der Waals surface area contributed by atoms with Crippen molar-refractivity contribution in [3.8, 4) is 11.1 Å². The SMILES string of the molecule is CC1C=CC(c2cc(-c3cccc(CN)c3)ccc2N(C)c2ccc3c(c2)C(C)(C)C2=C3CCC=C2)=CC1. The standard InChI is InChI=1S/C36H38N2/c1-24-12-14-26(15-13-24)32-21-28(27-9-7-8-25(20-27)23-37)16-19-35(32)38(4)29-17-18-31-30-10-5-6-11-33(30)36(2,3)34(31)22-29/h6-9,11-12,14-22,24H,5,10,13,23,37H2,1-4H3. The number of nitrogens with zero attached hydrogens (tertiary/aromatic N) is 1. The molecule has 1 unspecified atom stereocenters. The van der Waals surface area contributed by atoms with Gasteiger partial charge in [0.25, 0.3) is 0 Å². The second-order valence-corrected chi connectivity index (χ2v) is 11.6. The zero-order valence-electron chi connectivity index (χ0n) is 23.1. The number of benzene rings is 3. The van der Waals surface area contributed by atoms with Crippen molar-refractivity contribution in [2.75, 3.05) is 11.9 Å². The van der Waals surface area contributed by atoms with Gasteiger partial charge in [0.1, 0.15) is 0 Å². The largest absolute Gasteiger partial charge is 0.344 e. The summed E-state index contributed by atoms with van der Waals surface area (Å²) in [4.78, 5) is 2.37. The van der Waals surface area contributed by atoms with Gasteiger partial charge < -0.3 is 10.6 Å². The highest BCUT2D eigenvalue weighted by Crippen LogP contribution is 2.51.